The van der Waals surface area contributed by atoms with Gasteiger partial charge >= 0.3 is 0 Å². The SMILES string of the molecule is COc1ccc(OCCCC(=O)NCc2nc(-c3cccc(Br)c3)no2)cc1. The first-order valence-corrected chi connectivity index (χ1v) is 9.55. The Morgan fingerprint density at radius 3 is 2.71 bits per heavy atom. The molecular weight excluding hydrogens is 426 g/mol. The molecule has 0 aliphatic heterocycles. The van der Waals surface area contributed by atoms with Crippen LogP contribution in [0.4, 0.5) is 0 Å². The van der Waals surface area contributed by atoms with Gasteiger partial charge in [0.1, 0.15) is 11.5 Å². The second kappa shape index (κ2) is 9.89. The van der Waals surface area contributed by atoms with Crippen molar-refractivity contribution in [3.63, 3.8) is 0 Å². The summed E-state index contributed by atoms with van der Waals surface area (Å²) >= 11 is 3.41. The van der Waals surface area contributed by atoms with Gasteiger partial charge in [-0.2, -0.15) is 4.98 Å². The van der Waals surface area contributed by atoms with Crippen LogP contribution in [0.1, 0.15) is 18.7 Å². The smallest absolute Gasteiger partial charge is 0.246 e. The number of methoxy groups -OCH3 is 1. The first-order chi connectivity index (χ1) is 13.6. The number of ether oxygens (including phenoxy) is 2. The number of nitrogens with one attached hydrogen (secondary N) is 1. The van der Waals surface area contributed by atoms with Gasteiger partial charge in [0.2, 0.25) is 17.6 Å². The van der Waals surface area contributed by atoms with E-state index in [9.17, 15) is 4.79 Å². The monoisotopic (exact) mass is 445 g/mol. The van der Waals surface area contributed by atoms with Gasteiger partial charge < -0.3 is 19.3 Å². The third kappa shape index (κ3) is 5.82. The number of amides is 1. The quantitative estimate of drug-likeness (QED) is 0.501. The van der Waals surface area contributed by atoms with Crippen LogP contribution in [0, 0.1) is 0 Å². The Balaban J connectivity index is 1.37. The van der Waals surface area contributed by atoms with Crippen LogP contribution in [0.25, 0.3) is 11.4 Å². The summed E-state index contributed by atoms with van der Waals surface area (Å²) in [6.07, 6.45) is 0.952. The number of hydrogen-bond acceptors (Lipinski definition) is 6. The van der Waals surface area contributed by atoms with E-state index in [1.165, 1.54) is 0 Å². The van der Waals surface area contributed by atoms with Crippen molar-refractivity contribution in [2.45, 2.75) is 19.4 Å². The van der Waals surface area contributed by atoms with Crippen LogP contribution in [0.3, 0.4) is 0 Å². The van der Waals surface area contributed by atoms with Crippen molar-refractivity contribution < 1.29 is 18.8 Å². The predicted molar refractivity (Wildman–Crippen MR) is 107 cm³/mol. The Morgan fingerprint density at radius 1 is 1.18 bits per heavy atom. The molecule has 1 amide bonds. The maximum absolute atomic E-state index is 12.0. The van der Waals surface area contributed by atoms with Gasteiger partial charge in [-0.15, -0.1) is 0 Å². The average Bonchev–Trinajstić information content (AvgIpc) is 3.19. The Kier molecular flexibility index (Phi) is 7.02. The van der Waals surface area contributed by atoms with Gasteiger partial charge in [0.05, 0.1) is 20.3 Å². The summed E-state index contributed by atoms with van der Waals surface area (Å²) in [5.41, 5.74) is 0.839. The molecule has 1 heterocycles. The van der Waals surface area contributed by atoms with Crippen LogP contribution in [-0.2, 0) is 11.3 Å². The topological polar surface area (TPSA) is 86.5 Å². The first kappa shape index (κ1) is 19.9. The second-order valence-corrected chi connectivity index (χ2v) is 6.84. The summed E-state index contributed by atoms with van der Waals surface area (Å²) in [5.74, 6) is 2.26. The van der Waals surface area contributed by atoms with Crippen LogP contribution in [-0.4, -0.2) is 29.8 Å². The second-order valence-electron chi connectivity index (χ2n) is 5.93. The van der Waals surface area contributed by atoms with Gasteiger partial charge in [-0.05, 0) is 42.8 Å². The number of rotatable bonds is 9. The molecule has 0 saturated carbocycles. The van der Waals surface area contributed by atoms with E-state index in [0.717, 1.165) is 21.5 Å². The third-order valence-corrected chi connectivity index (χ3v) is 4.36. The molecule has 7 nitrogen and oxygen atoms in total. The zero-order valence-corrected chi connectivity index (χ0v) is 16.9. The van der Waals surface area contributed by atoms with Gasteiger partial charge in [-0.25, -0.2) is 0 Å². The summed E-state index contributed by atoms with van der Waals surface area (Å²) in [7, 11) is 1.62. The van der Waals surface area contributed by atoms with Crippen LogP contribution in [0.15, 0.2) is 57.5 Å². The molecule has 0 saturated heterocycles. The third-order valence-electron chi connectivity index (χ3n) is 3.86. The minimum Gasteiger partial charge on any atom is -0.497 e. The minimum absolute atomic E-state index is 0.0967. The summed E-state index contributed by atoms with van der Waals surface area (Å²) in [6, 6.07) is 14.9. The van der Waals surface area contributed by atoms with Gasteiger partial charge in [0.25, 0.3) is 0 Å². The fourth-order valence-corrected chi connectivity index (χ4v) is 2.83. The lowest BCUT2D eigenvalue weighted by atomic mass is 10.2. The van der Waals surface area contributed by atoms with E-state index in [1.807, 2.05) is 48.5 Å². The fraction of sp³-hybridized carbons (Fsp3) is 0.250. The molecule has 0 aliphatic carbocycles. The number of aromatic nitrogens is 2. The maximum Gasteiger partial charge on any atom is 0.246 e. The molecule has 0 fully saturated rings. The van der Waals surface area contributed by atoms with Crippen molar-refractivity contribution in [3.8, 4) is 22.9 Å². The highest BCUT2D eigenvalue weighted by Gasteiger charge is 2.10. The molecule has 3 rings (SSSR count). The molecule has 146 valence electrons. The molecule has 3 aromatic rings. The summed E-state index contributed by atoms with van der Waals surface area (Å²) in [5, 5.41) is 6.71. The van der Waals surface area contributed by atoms with E-state index >= 15 is 0 Å². The highest BCUT2D eigenvalue weighted by Crippen LogP contribution is 2.20. The Hall–Kier alpha value is -2.87. The molecule has 0 bridgehead atoms. The normalized spacial score (nSPS) is 10.5. The van der Waals surface area contributed by atoms with Crippen LogP contribution in [0.5, 0.6) is 11.5 Å². The van der Waals surface area contributed by atoms with Crippen molar-refractivity contribution in [2.24, 2.45) is 0 Å². The Labute approximate surface area is 171 Å². The lowest BCUT2D eigenvalue weighted by Gasteiger charge is -2.07. The number of hydrogen-bond donors (Lipinski definition) is 1. The molecule has 0 spiro atoms. The van der Waals surface area contributed by atoms with E-state index in [0.29, 0.717) is 31.2 Å². The molecule has 2 aromatic carbocycles. The zero-order chi connectivity index (χ0) is 19.8. The van der Waals surface area contributed by atoms with Crippen molar-refractivity contribution in [2.75, 3.05) is 13.7 Å². The molecule has 0 radical (unpaired) electrons. The van der Waals surface area contributed by atoms with Gasteiger partial charge in [-0.1, -0.05) is 33.2 Å². The number of benzene rings is 2. The standard InChI is InChI=1S/C20H20BrN3O4/c1-26-16-7-9-17(10-8-16)27-11-3-6-18(25)22-13-19-23-20(24-28-19)14-4-2-5-15(21)12-14/h2,4-5,7-10,12H,3,6,11,13H2,1H3,(H,22,25). The van der Waals surface area contributed by atoms with Crippen molar-refractivity contribution in [1.29, 1.82) is 0 Å². The van der Waals surface area contributed by atoms with Crippen molar-refractivity contribution >= 4 is 21.8 Å². The molecule has 0 atom stereocenters. The molecule has 28 heavy (non-hydrogen) atoms. The lowest BCUT2D eigenvalue weighted by Crippen LogP contribution is -2.23. The van der Waals surface area contributed by atoms with E-state index < -0.39 is 0 Å². The summed E-state index contributed by atoms with van der Waals surface area (Å²) in [6.45, 7) is 0.645. The lowest BCUT2D eigenvalue weighted by molar-refractivity contribution is -0.121. The average molecular weight is 446 g/mol. The predicted octanol–water partition coefficient (Wildman–Crippen LogP) is 3.98. The Bertz CT molecular complexity index is 912. The molecule has 8 heteroatoms. The van der Waals surface area contributed by atoms with Gasteiger partial charge in [0.15, 0.2) is 0 Å². The Morgan fingerprint density at radius 2 is 1.96 bits per heavy atom. The minimum atomic E-state index is -0.0967. The van der Waals surface area contributed by atoms with Crippen LogP contribution < -0.4 is 14.8 Å². The highest BCUT2D eigenvalue weighted by molar-refractivity contribution is 9.10. The van der Waals surface area contributed by atoms with Crippen molar-refractivity contribution in [1.82, 2.24) is 15.5 Å². The number of halogens is 1. The zero-order valence-electron chi connectivity index (χ0n) is 15.4. The van der Waals surface area contributed by atoms with E-state index in [4.69, 9.17) is 14.0 Å². The number of nitrogens with zero attached hydrogens (tertiary/aromatic N) is 2. The summed E-state index contributed by atoms with van der Waals surface area (Å²) in [4.78, 5) is 16.2. The van der Waals surface area contributed by atoms with Crippen molar-refractivity contribution in [3.05, 3.63) is 58.9 Å². The van der Waals surface area contributed by atoms with Gasteiger partial charge in [0, 0.05) is 16.5 Å². The molecule has 1 N–H and O–H groups in total. The summed E-state index contributed by atoms with van der Waals surface area (Å²) < 4.78 is 16.8. The molecular formula is C20H20BrN3O4. The number of carbonyl (C=O) groups is 1. The van der Waals surface area contributed by atoms with E-state index in [1.54, 1.807) is 7.11 Å². The largest absolute Gasteiger partial charge is 0.497 e. The fourth-order valence-electron chi connectivity index (χ4n) is 2.43. The molecule has 1 aromatic heterocycles. The molecule has 0 aliphatic rings. The number of carbonyl (C=O) groups excluding carboxylic acids is 1. The maximum atomic E-state index is 12.0. The highest BCUT2D eigenvalue weighted by atomic mass is 79.9. The van der Waals surface area contributed by atoms with Gasteiger partial charge in [-0.3, -0.25) is 4.79 Å². The molecule has 0 unspecified atom stereocenters. The van der Waals surface area contributed by atoms with E-state index in [2.05, 4.69) is 31.4 Å². The van der Waals surface area contributed by atoms with Crippen LogP contribution in [0.2, 0.25) is 0 Å². The van der Waals surface area contributed by atoms with Crippen LogP contribution >= 0.6 is 15.9 Å². The first-order valence-electron chi connectivity index (χ1n) is 8.76. The van der Waals surface area contributed by atoms with E-state index in [-0.39, 0.29) is 12.5 Å².